The number of hydrogen-bond acceptors (Lipinski definition) is 4. The van der Waals surface area contributed by atoms with Crippen molar-refractivity contribution in [2.75, 3.05) is 0 Å². The van der Waals surface area contributed by atoms with Crippen LogP contribution in [0.1, 0.15) is 43.9 Å². The topological polar surface area (TPSA) is 80.7 Å². The first-order valence-corrected chi connectivity index (χ1v) is 6.71. The number of oxime groups is 1. The van der Waals surface area contributed by atoms with E-state index in [-0.39, 0.29) is 11.9 Å². The number of pyridine rings is 1. The van der Waals surface area contributed by atoms with Gasteiger partial charge in [-0.3, -0.25) is 0 Å². The molecule has 1 aliphatic carbocycles. The van der Waals surface area contributed by atoms with Crippen molar-refractivity contribution < 1.29 is 9.94 Å². The van der Waals surface area contributed by atoms with Gasteiger partial charge in [0.15, 0.2) is 5.84 Å². The highest BCUT2D eigenvalue weighted by Crippen LogP contribution is 2.27. The molecule has 5 heteroatoms. The van der Waals surface area contributed by atoms with Crippen LogP contribution in [-0.2, 0) is 0 Å². The quantitative estimate of drug-likeness (QED) is 0.380. The first-order valence-electron chi connectivity index (χ1n) is 6.71. The molecule has 0 spiro atoms. The lowest BCUT2D eigenvalue weighted by molar-refractivity contribution is 0.124. The van der Waals surface area contributed by atoms with Crippen molar-refractivity contribution in [1.29, 1.82) is 0 Å². The second-order valence-corrected chi connectivity index (χ2v) is 5.33. The van der Waals surface area contributed by atoms with Gasteiger partial charge in [0.1, 0.15) is 6.10 Å². The predicted molar refractivity (Wildman–Crippen MR) is 73.5 cm³/mol. The van der Waals surface area contributed by atoms with Gasteiger partial charge in [0.2, 0.25) is 5.88 Å². The first-order chi connectivity index (χ1) is 9.08. The molecule has 1 fully saturated rings. The molecule has 0 aliphatic heterocycles. The SMILES string of the molecule is Cc1cc(/C(N)=N/O)cc(OC2CCCC(C)C2)n1. The summed E-state index contributed by atoms with van der Waals surface area (Å²) in [6.45, 7) is 4.12. The highest BCUT2D eigenvalue weighted by Gasteiger charge is 2.21. The van der Waals surface area contributed by atoms with Crippen LogP contribution in [0.25, 0.3) is 0 Å². The van der Waals surface area contributed by atoms with E-state index in [4.69, 9.17) is 15.7 Å². The largest absolute Gasteiger partial charge is 0.474 e. The molecule has 0 bridgehead atoms. The van der Waals surface area contributed by atoms with Gasteiger partial charge in [-0.1, -0.05) is 18.5 Å². The molecule has 1 aromatic rings. The van der Waals surface area contributed by atoms with Gasteiger partial charge >= 0.3 is 0 Å². The summed E-state index contributed by atoms with van der Waals surface area (Å²) in [4.78, 5) is 4.36. The minimum Gasteiger partial charge on any atom is -0.474 e. The van der Waals surface area contributed by atoms with E-state index in [9.17, 15) is 0 Å². The third-order valence-corrected chi connectivity index (χ3v) is 3.51. The molecule has 19 heavy (non-hydrogen) atoms. The van der Waals surface area contributed by atoms with Crippen LogP contribution in [0.15, 0.2) is 17.3 Å². The first kappa shape index (κ1) is 13.6. The van der Waals surface area contributed by atoms with Crippen LogP contribution in [0.5, 0.6) is 5.88 Å². The van der Waals surface area contributed by atoms with Gasteiger partial charge < -0.3 is 15.7 Å². The summed E-state index contributed by atoms with van der Waals surface area (Å²) >= 11 is 0. The Hall–Kier alpha value is -1.78. The van der Waals surface area contributed by atoms with Crippen molar-refractivity contribution >= 4 is 5.84 Å². The maximum absolute atomic E-state index is 8.73. The maximum atomic E-state index is 8.73. The molecule has 0 radical (unpaired) electrons. The Morgan fingerprint density at radius 1 is 1.47 bits per heavy atom. The third kappa shape index (κ3) is 3.59. The lowest BCUT2D eigenvalue weighted by Crippen LogP contribution is -2.25. The van der Waals surface area contributed by atoms with Gasteiger partial charge in [-0.05, 0) is 38.2 Å². The molecular weight excluding hydrogens is 242 g/mol. The summed E-state index contributed by atoms with van der Waals surface area (Å²) in [5.74, 6) is 1.33. The van der Waals surface area contributed by atoms with Crippen LogP contribution >= 0.6 is 0 Å². The van der Waals surface area contributed by atoms with Crippen LogP contribution in [0.2, 0.25) is 0 Å². The molecule has 1 aliphatic rings. The summed E-state index contributed by atoms with van der Waals surface area (Å²) in [5.41, 5.74) is 7.03. The number of aromatic nitrogens is 1. The second-order valence-electron chi connectivity index (χ2n) is 5.33. The minimum absolute atomic E-state index is 0.0763. The monoisotopic (exact) mass is 263 g/mol. The van der Waals surface area contributed by atoms with Crippen molar-refractivity contribution in [3.63, 3.8) is 0 Å². The maximum Gasteiger partial charge on any atom is 0.214 e. The van der Waals surface area contributed by atoms with Crippen LogP contribution in [0.3, 0.4) is 0 Å². The molecule has 0 saturated heterocycles. The molecule has 2 rings (SSSR count). The minimum atomic E-state index is 0.0763. The normalized spacial score (nSPS) is 24.2. The van der Waals surface area contributed by atoms with Gasteiger partial charge in [-0.25, -0.2) is 4.98 Å². The Morgan fingerprint density at radius 3 is 2.95 bits per heavy atom. The fourth-order valence-corrected chi connectivity index (χ4v) is 2.56. The standard InChI is InChI=1S/C14H21N3O2/c1-9-4-3-5-12(6-9)19-13-8-11(14(15)17-18)7-10(2)16-13/h7-9,12,18H,3-6H2,1-2H3,(H2,15,17). The highest BCUT2D eigenvalue weighted by atomic mass is 16.5. The molecule has 1 aromatic heterocycles. The van der Waals surface area contributed by atoms with E-state index in [1.807, 2.05) is 6.92 Å². The van der Waals surface area contributed by atoms with Crippen LogP contribution in [0.4, 0.5) is 0 Å². The Labute approximate surface area is 113 Å². The molecule has 0 aromatic carbocycles. The summed E-state index contributed by atoms with van der Waals surface area (Å²) in [5, 5.41) is 11.7. The van der Waals surface area contributed by atoms with Gasteiger partial charge in [0.05, 0.1) is 0 Å². The Bertz CT molecular complexity index is 474. The van der Waals surface area contributed by atoms with E-state index in [1.165, 1.54) is 12.8 Å². The molecule has 1 saturated carbocycles. The van der Waals surface area contributed by atoms with Crippen LogP contribution < -0.4 is 10.5 Å². The number of hydrogen-bond donors (Lipinski definition) is 2. The zero-order valence-electron chi connectivity index (χ0n) is 11.5. The average molecular weight is 263 g/mol. The number of nitrogens with zero attached hydrogens (tertiary/aromatic N) is 2. The Morgan fingerprint density at radius 2 is 2.26 bits per heavy atom. The van der Waals surface area contributed by atoms with Gasteiger partial charge in [-0.2, -0.15) is 0 Å². The third-order valence-electron chi connectivity index (χ3n) is 3.51. The van der Waals surface area contributed by atoms with Crippen molar-refractivity contribution in [2.45, 2.75) is 45.6 Å². The fourth-order valence-electron chi connectivity index (χ4n) is 2.56. The molecule has 104 valence electrons. The number of amidine groups is 1. The van der Waals surface area contributed by atoms with Crippen molar-refractivity contribution in [2.24, 2.45) is 16.8 Å². The van der Waals surface area contributed by atoms with Crippen LogP contribution in [-0.4, -0.2) is 22.1 Å². The molecule has 0 amide bonds. The van der Waals surface area contributed by atoms with E-state index in [0.29, 0.717) is 17.4 Å². The number of ether oxygens (including phenoxy) is 1. The second kappa shape index (κ2) is 5.91. The number of aryl methyl sites for hydroxylation is 1. The van der Waals surface area contributed by atoms with Gasteiger partial charge in [-0.15, -0.1) is 0 Å². The summed E-state index contributed by atoms with van der Waals surface area (Å²) in [6, 6.07) is 3.49. The fraction of sp³-hybridized carbons (Fsp3) is 0.571. The average Bonchev–Trinajstić information content (AvgIpc) is 2.37. The van der Waals surface area contributed by atoms with Gasteiger partial charge in [0.25, 0.3) is 0 Å². The summed E-state index contributed by atoms with van der Waals surface area (Å²) < 4.78 is 5.94. The van der Waals surface area contributed by atoms with E-state index >= 15 is 0 Å². The number of rotatable bonds is 3. The van der Waals surface area contributed by atoms with Crippen molar-refractivity contribution in [1.82, 2.24) is 4.98 Å². The summed E-state index contributed by atoms with van der Waals surface area (Å²) in [7, 11) is 0. The van der Waals surface area contributed by atoms with Gasteiger partial charge in [0, 0.05) is 17.3 Å². The molecule has 1 heterocycles. The lowest BCUT2D eigenvalue weighted by Gasteiger charge is -2.27. The molecule has 3 N–H and O–H groups in total. The molecule has 2 unspecified atom stereocenters. The zero-order chi connectivity index (χ0) is 13.8. The van der Waals surface area contributed by atoms with Crippen molar-refractivity contribution in [3.05, 3.63) is 23.4 Å². The van der Waals surface area contributed by atoms with E-state index in [2.05, 4.69) is 17.1 Å². The Balaban J connectivity index is 2.13. The van der Waals surface area contributed by atoms with Crippen molar-refractivity contribution in [3.8, 4) is 5.88 Å². The molecule has 5 nitrogen and oxygen atoms in total. The predicted octanol–water partition coefficient (Wildman–Crippen LogP) is 2.44. The van der Waals surface area contributed by atoms with Crippen LogP contribution in [0, 0.1) is 12.8 Å². The Kier molecular flexibility index (Phi) is 4.24. The highest BCUT2D eigenvalue weighted by molar-refractivity contribution is 5.97. The van der Waals surface area contributed by atoms with E-state index < -0.39 is 0 Å². The smallest absolute Gasteiger partial charge is 0.214 e. The van der Waals surface area contributed by atoms with E-state index in [0.717, 1.165) is 18.5 Å². The molecular formula is C14H21N3O2. The molecule has 2 atom stereocenters. The number of nitrogens with two attached hydrogens (primary N) is 1. The zero-order valence-corrected chi connectivity index (χ0v) is 11.5. The lowest BCUT2D eigenvalue weighted by atomic mass is 9.89. The summed E-state index contributed by atoms with van der Waals surface area (Å²) in [6.07, 6.45) is 4.83. The van der Waals surface area contributed by atoms with E-state index in [1.54, 1.807) is 12.1 Å².